The van der Waals surface area contributed by atoms with E-state index in [0.717, 1.165) is 30.0 Å². The molecule has 2 rings (SSSR count). The molecule has 0 radical (unpaired) electrons. The van der Waals surface area contributed by atoms with E-state index in [9.17, 15) is 4.39 Å². The topological polar surface area (TPSA) is 12.0 Å². The summed E-state index contributed by atoms with van der Waals surface area (Å²) < 4.78 is 13.7. The third-order valence-corrected chi connectivity index (χ3v) is 5.75. The number of thiophene rings is 1. The summed E-state index contributed by atoms with van der Waals surface area (Å²) in [5.41, 5.74) is 0. The van der Waals surface area contributed by atoms with Crippen LogP contribution in [0.1, 0.15) is 23.6 Å². The molecule has 0 saturated heterocycles. The van der Waals surface area contributed by atoms with Crippen molar-refractivity contribution in [3.63, 3.8) is 0 Å². The van der Waals surface area contributed by atoms with E-state index in [-0.39, 0.29) is 5.82 Å². The normalized spacial score (nSPS) is 12.5. The zero-order valence-corrected chi connectivity index (χ0v) is 14.2. The Hall–Kier alpha value is -0.840. The zero-order valence-electron chi connectivity index (χ0n) is 12.6. The lowest BCUT2D eigenvalue weighted by Gasteiger charge is -2.17. The number of rotatable bonds is 8. The molecule has 4 heteroatoms. The maximum atomic E-state index is 13.7. The number of halogens is 1. The highest BCUT2D eigenvalue weighted by Gasteiger charge is 2.12. The second-order valence-corrected chi connectivity index (χ2v) is 7.24. The molecule has 1 N–H and O–H groups in total. The number of hydrogen-bond donors (Lipinski definition) is 1. The molecule has 0 aliphatic rings. The van der Waals surface area contributed by atoms with Gasteiger partial charge >= 0.3 is 0 Å². The summed E-state index contributed by atoms with van der Waals surface area (Å²) in [4.78, 5) is 3.58. The van der Waals surface area contributed by atoms with Crippen molar-refractivity contribution in [2.75, 3.05) is 12.3 Å². The number of hydrogen-bond acceptors (Lipinski definition) is 3. The highest BCUT2D eigenvalue weighted by molar-refractivity contribution is 7.99. The minimum atomic E-state index is -0.123. The van der Waals surface area contributed by atoms with Gasteiger partial charge in [0, 0.05) is 26.4 Å². The molecule has 1 heterocycles. The lowest BCUT2D eigenvalue weighted by molar-refractivity contribution is 0.574. The SMILES string of the molecule is CCNC(CSc1ccccc1F)Cc1ccc(CC)s1. The van der Waals surface area contributed by atoms with E-state index < -0.39 is 0 Å². The number of likely N-dealkylation sites (N-methyl/N-ethyl adjacent to an activating group) is 1. The quantitative estimate of drug-likeness (QED) is 0.703. The van der Waals surface area contributed by atoms with Gasteiger partial charge < -0.3 is 5.32 Å². The van der Waals surface area contributed by atoms with Crippen LogP contribution in [-0.2, 0) is 12.8 Å². The fourth-order valence-corrected chi connectivity index (χ4v) is 4.23. The Bertz CT molecular complexity index is 553. The standard InChI is InChI=1S/C17H22FNS2/c1-3-14-9-10-15(21-14)11-13(19-4-2)12-20-17-8-6-5-7-16(17)18/h5-10,13,19H,3-4,11-12H2,1-2H3. The highest BCUT2D eigenvalue weighted by atomic mass is 32.2. The molecule has 1 aromatic carbocycles. The Morgan fingerprint density at radius 3 is 2.57 bits per heavy atom. The summed E-state index contributed by atoms with van der Waals surface area (Å²) in [5, 5.41) is 3.51. The van der Waals surface area contributed by atoms with Crippen LogP contribution in [0.4, 0.5) is 4.39 Å². The Balaban J connectivity index is 1.94. The Kier molecular flexibility index (Phi) is 6.74. The van der Waals surface area contributed by atoms with Crippen LogP contribution in [0.2, 0.25) is 0 Å². The second kappa shape index (κ2) is 8.57. The molecule has 1 aromatic heterocycles. The van der Waals surface area contributed by atoms with Crippen molar-refractivity contribution in [1.29, 1.82) is 0 Å². The molecule has 0 aliphatic carbocycles. The van der Waals surface area contributed by atoms with Crippen LogP contribution < -0.4 is 5.32 Å². The molecule has 114 valence electrons. The number of benzene rings is 1. The molecular weight excluding hydrogens is 301 g/mol. The van der Waals surface area contributed by atoms with Crippen LogP contribution >= 0.6 is 23.1 Å². The highest BCUT2D eigenvalue weighted by Crippen LogP contribution is 2.24. The molecular formula is C17H22FNS2. The van der Waals surface area contributed by atoms with Crippen molar-refractivity contribution in [3.8, 4) is 0 Å². The monoisotopic (exact) mass is 323 g/mol. The van der Waals surface area contributed by atoms with Gasteiger partial charge in [0.15, 0.2) is 0 Å². The first-order chi connectivity index (χ1) is 10.2. The average Bonchev–Trinajstić information content (AvgIpc) is 2.94. The molecule has 0 saturated carbocycles. The van der Waals surface area contributed by atoms with E-state index in [4.69, 9.17) is 0 Å². The summed E-state index contributed by atoms with van der Waals surface area (Å²) >= 11 is 3.48. The lowest BCUT2D eigenvalue weighted by Crippen LogP contribution is -2.33. The van der Waals surface area contributed by atoms with Crippen molar-refractivity contribution < 1.29 is 4.39 Å². The molecule has 1 nitrogen and oxygen atoms in total. The van der Waals surface area contributed by atoms with Gasteiger partial charge in [0.25, 0.3) is 0 Å². The summed E-state index contributed by atoms with van der Waals surface area (Å²) in [5.74, 6) is 0.760. The molecule has 0 fully saturated rings. The maximum Gasteiger partial charge on any atom is 0.136 e. The van der Waals surface area contributed by atoms with Gasteiger partial charge in [-0.2, -0.15) is 0 Å². The van der Waals surface area contributed by atoms with Gasteiger partial charge in [-0.1, -0.05) is 26.0 Å². The molecule has 0 aliphatic heterocycles. The predicted octanol–water partition coefficient (Wildman–Crippen LogP) is 4.76. The van der Waals surface area contributed by atoms with E-state index >= 15 is 0 Å². The van der Waals surface area contributed by atoms with Crippen LogP contribution in [0, 0.1) is 5.82 Å². The van der Waals surface area contributed by atoms with Gasteiger partial charge in [-0.05, 0) is 43.7 Å². The summed E-state index contributed by atoms with van der Waals surface area (Å²) in [7, 11) is 0. The molecule has 0 amide bonds. The summed E-state index contributed by atoms with van der Waals surface area (Å²) in [6.45, 7) is 5.24. The van der Waals surface area contributed by atoms with Crippen molar-refractivity contribution in [3.05, 3.63) is 52.0 Å². The fourth-order valence-electron chi connectivity index (χ4n) is 2.20. The minimum Gasteiger partial charge on any atom is -0.313 e. The smallest absolute Gasteiger partial charge is 0.136 e. The van der Waals surface area contributed by atoms with Crippen LogP contribution in [0.5, 0.6) is 0 Å². The summed E-state index contributed by atoms with van der Waals surface area (Å²) in [6.07, 6.45) is 2.11. The van der Waals surface area contributed by atoms with E-state index in [0.29, 0.717) is 6.04 Å². The zero-order chi connectivity index (χ0) is 15.1. The maximum absolute atomic E-state index is 13.7. The van der Waals surface area contributed by atoms with Crippen molar-refractivity contribution in [1.82, 2.24) is 5.32 Å². The molecule has 21 heavy (non-hydrogen) atoms. The van der Waals surface area contributed by atoms with Crippen molar-refractivity contribution in [2.24, 2.45) is 0 Å². The third kappa shape index (κ3) is 5.13. The third-order valence-electron chi connectivity index (χ3n) is 3.28. The fraction of sp³-hybridized carbons (Fsp3) is 0.412. The Morgan fingerprint density at radius 2 is 1.90 bits per heavy atom. The van der Waals surface area contributed by atoms with Gasteiger partial charge in [0.05, 0.1) is 0 Å². The van der Waals surface area contributed by atoms with E-state index in [2.05, 4.69) is 31.3 Å². The Morgan fingerprint density at radius 1 is 1.14 bits per heavy atom. The minimum absolute atomic E-state index is 0.123. The molecule has 0 spiro atoms. The second-order valence-electron chi connectivity index (χ2n) is 4.92. The van der Waals surface area contributed by atoms with Crippen molar-refractivity contribution in [2.45, 2.75) is 37.6 Å². The van der Waals surface area contributed by atoms with Gasteiger partial charge in [0.1, 0.15) is 5.82 Å². The number of thioether (sulfide) groups is 1. The first-order valence-corrected chi connectivity index (χ1v) is 9.21. The number of nitrogens with one attached hydrogen (secondary N) is 1. The van der Waals surface area contributed by atoms with Gasteiger partial charge in [-0.15, -0.1) is 23.1 Å². The van der Waals surface area contributed by atoms with E-state index in [1.807, 2.05) is 23.5 Å². The van der Waals surface area contributed by atoms with Crippen LogP contribution in [0.15, 0.2) is 41.3 Å². The van der Waals surface area contributed by atoms with Crippen molar-refractivity contribution >= 4 is 23.1 Å². The van der Waals surface area contributed by atoms with E-state index in [1.165, 1.54) is 15.8 Å². The van der Waals surface area contributed by atoms with Gasteiger partial charge in [-0.25, -0.2) is 4.39 Å². The average molecular weight is 324 g/mol. The molecule has 0 bridgehead atoms. The van der Waals surface area contributed by atoms with E-state index in [1.54, 1.807) is 17.8 Å². The first-order valence-electron chi connectivity index (χ1n) is 7.41. The molecule has 1 atom stereocenters. The predicted molar refractivity (Wildman–Crippen MR) is 92.0 cm³/mol. The molecule has 1 unspecified atom stereocenters. The number of aryl methyl sites for hydroxylation is 1. The first kappa shape index (κ1) is 16.5. The van der Waals surface area contributed by atoms with Crippen LogP contribution in [0.3, 0.4) is 0 Å². The Labute approximate surface area is 135 Å². The van der Waals surface area contributed by atoms with Gasteiger partial charge in [0.2, 0.25) is 0 Å². The van der Waals surface area contributed by atoms with Crippen LogP contribution in [0.25, 0.3) is 0 Å². The lowest BCUT2D eigenvalue weighted by atomic mass is 10.2. The molecule has 2 aromatic rings. The van der Waals surface area contributed by atoms with Gasteiger partial charge in [-0.3, -0.25) is 0 Å². The largest absolute Gasteiger partial charge is 0.313 e. The van der Waals surface area contributed by atoms with Crippen LogP contribution in [-0.4, -0.2) is 18.3 Å². The summed E-state index contributed by atoms with van der Waals surface area (Å²) in [6, 6.07) is 11.8.